The fourth-order valence-electron chi connectivity index (χ4n) is 0.778. The predicted molar refractivity (Wildman–Crippen MR) is 41.2 cm³/mol. The van der Waals surface area contributed by atoms with Crippen molar-refractivity contribution in [1.82, 2.24) is 5.32 Å². The third-order valence-electron chi connectivity index (χ3n) is 1.28. The monoisotopic (exact) mass is 137 g/mol. The second-order valence-electron chi connectivity index (χ2n) is 2.08. The second-order valence-corrected chi connectivity index (χ2v) is 2.08. The first-order valence-corrected chi connectivity index (χ1v) is 3.32. The van der Waals surface area contributed by atoms with E-state index in [1.807, 2.05) is 30.6 Å². The summed E-state index contributed by atoms with van der Waals surface area (Å²) in [5, 5.41) is 11.6. The van der Waals surface area contributed by atoms with Crippen molar-refractivity contribution in [2.24, 2.45) is 0 Å². The average molecular weight is 137 g/mol. The van der Waals surface area contributed by atoms with Crippen molar-refractivity contribution in [3.63, 3.8) is 0 Å². The number of rotatable bonds is 2. The molecule has 0 spiro atoms. The molecule has 2 heteroatoms. The maximum Gasteiger partial charge on any atom is 0.0471 e. The maximum absolute atomic E-state index is 8.59. The van der Waals surface area contributed by atoms with E-state index in [1.54, 1.807) is 0 Å². The van der Waals surface area contributed by atoms with Crippen molar-refractivity contribution in [2.45, 2.75) is 6.42 Å². The zero-order valence-corrected chi connectivity index (χ0v) is 5.75. The van der Waals surface area contributed by atoms with Crippen LogP contribution in [-0.2, 0) is 0 Å². The van der Waals surface area contributed by atoms with E-state index in [4.69, 9.17) is 5.11 Å². The van der Waals surface area contributed by atoms with Gasteiger partial charge in [0, 0.05) is 19.0 Å². The molecule has 0 amide bonds. The molecule has 1 aliphatic heterocycles. The van der Waals surface area contributed by atoms with Crippen LogP contribution in [0.5, 0.6) is 0 Å². The van der Waals surface area contributed by atoms with Gasteiger partial charge in [-0.3, -0.25) is 0 Å². The van der Waals surface area contributed by atoms with Crippen LogP contribution in [0.1, 0.15) is 6.42 Å². The Morgan fingerprint density at radius 3 is 3.10 bits per heavy atom. The lowest BCUT2D eigenvalue weighted by molar-refractivity contribution is 0.300. The predicted octanol–water partition coefficient (Wildman–Crippen LogP) is 0.926. The lowest BCUT2D eigenvalue weighted by Crippen LogP contribution is -1.94. The summed E-state index contributed by atoms with van der Waals surface area (Å²) in [5.74, 6) is 0. The number of allylic oxidation sites excluding steroid dienone is 3. The number of nitrogens with one attached hydrogen (secondary N) is 1. The van der Waals surface area contributed by atoms with Crippen LogP contribution in [-0.4, -0.2) is 11.7 Å². The summed E-state index contributed by atoms with van der Waals surface area (Å²) >= 11 is 0. The number of hydrogen-bond donors (Lipinski definition) is 2. The molecule has 1 heterocycles. The van der Waals surface area contributed by atoms with E-state index in [2.05, 4.69) is 5.32 Å². The molecule has 1 rings (SSSR count). The molecule has 0 fully saturated rings. The molecule has 1 aliphatic rings. The Kier molecular flexibility index (Phi) is 2.77. The van der Waals surface area contributed by atoms with Gasteiger partial charge in [0.25, 0.3) is 0 Å². The molecule has 2 nitrogen and oxygen atoms in total. The number of aliphatic hydroxyl groups is 1. The van der Waals surface area contributed by atoms with Gasteiger partial charge < -0.3 is 10.4 Å². The summed E-state index contributed by atoms with van der Waals surface area (Å²) in [4.78, 5) is 0. The Labute approximate surface area is 60.6 Å². The molecular formula is C8H11NO. The van der Waals surface area contributed by atoms with Crippen LogP contribution in [0.4, 0.5) is 0 Å². The van der Waals surface area contributed by atoms with E-state index < -0.39 is 0 Å². The van der Waals surface area contributed by atoms with Gasteiger partial charge in [0.1, 0.15) is 0 Å². The van der Waals surface area contributed by atoms with Gasteiger partial charge in [0.05, 0.1) is 0 Å². The van der Waals surface area contributed by atoms with Crippen LogP contribution >= 0.6 is 0 Å². The van der Waals surface area contributed by atoms with Gasteiger partial charge >= 0.3 is 0 Å². The molecule has 0 aromatic heterocycles. The van der Waals surface area contributed by atoms with Gasteiger partial charge in [-0.15, -0.1) is 0 Å². The van der Waals surface area contributed by atoms with Gasteiger partial charge in [-0.1, -0.05) is 12.2 Å². The summed E-state index contributed by atoms with van der Waals surface area (Å²) in [6.07, 6.45) is 10.3. The minimum Gasteiger partial charge on any atom is -0.396 e. The van der Waals surface area contributed by atoms with Crippen LogP contribution in [0.3, 0.4) is 0 Å². The Morgan fingerprint density at radius 2 is 2.30 bits per heavy atom. The third-order valence-corrected chi connectivity index (χ3v) is 1.28. The highest BCUT2D eigenvalue weighted by Crippen LogP contribution is 2.02. The molecule has 10 heavy (non-hydrogen) atoms. The van der Waals surface area contributed by atoms with E-state index in [-0.39, 0.29) is 6.61 Å². The molecular weight excluding hydrogens is 126 g/mol. The van der Waals surface area contributed by atoms with E-state index >= 15 is 0 Å². The molecule has 0 aromatic carbocycles. The normalized spacial score (nSPS) is 15.9. The fourth-order valence-corrected chi connectivity index (χ4v) is 0.778. The van der Waals surface area contributed by atoms with E-state index in [0.29, 0.717) is 6.42 Å². The molecule has 0 unspecified atom stereocenters. The Hall–Kier alpha value is -1.02. The maximum atomic E-state index is 8.59. The molecule has 2 N–H and O–H groups in total. The highest BCUT2D eigenvalue weighted by molar-refractivity contribution is 5.24. The lowest BCUT2D eigenvalue weighted by atomic mass is 10.2. The largest absolute Gasteiger partial charge is 0.396 e. The minimum atomic E-state index is 0.206. The first-order valence-electron chi connectivity index (χ1n) is 3.32. The standard InChI is InChI=1S/C8H11NO/c10-6-4-8-3-1-2-5-9-7-8/h1-3,5,7,9-10H,4,6H2. The minimum absolute atomic E-state index is 0.206. The smallest absolute Gasteiger partial charge is 0.0471 e. The highest BCUT2D eigenvalue weighted by atomic mass is 16.2. The third kappa shape index (κ3) is 2.07. The molecule has 0 radical (unpaired) electrons. The van der Waals surface area contributed by atoms with Crippen molar-refractivity contribution in [1.29, 1.82) is 0 Å². The van der Waals surface area contributed by atoms with E-state index in [9.17, 15) is 0 Å². The van der Waals surface area contributed by atoms with Gasteiger partial charge in [-0.25, -0.2) is 0 Å². The zero-order chi connectivity index (χ0) is 7.23. The molecule has 0 aromatic rings. The van der Waals surface area contributed by atoms with Crippen LogP contribution in [0.2, 0.25) is 0 Å². The molecule has 0 saturated carbocycles. The van der Waals surface area contributed by atoms with Gasteiger partial charge in [-0.2, -0.15) is 0 Å². The van der Waals surface area contributed by atoms with Crippen LogP contribution in [0, 0.1) is 0 Å². The number of hydrogen-bond acceptors (Lipinski definition) is 2. The second kappa shape index (κ2) is 3.90. The topological polar surface area (TPSA) is 32.3 Å². The first-order chi connectivity index (χ1) is 4.93. The highest BCUT2D eigenvalue weighted by Gasteiger charge is 1.90. The van der Waals surface area contributed by atoms with Crippen molar-refractivity contribution in [3.8, 4) is 0 Å². The molecule has 54 valence electrons. The van der Waals surface area contributed by atoms with Crippen molar-refractivity contribution in [3.05, 3.63) is 36.2 Å². The Bertz CT molecular complexity index is 180. The quantitative estimate of drug-likeness (QED) is 0.593. The molecule has 0 bridgehead atoms. The van der Waals surface area contributed by atoms with E-state index in [1.165, 1.54) is 0 Å². The van der Waals surface area contributed by atoms with Gasteiger partial charge in [0.2, 0.25) is 0 Å². The molecule has 0 saturated heterocycles. The Balaban J connectivity index is 2.51. The Morgan fingerprint density at radius 1 is 1.40 bits per heavy atom. The summed E-state index contributed by atoms with van der Waals surface area (Å²) in [5.41, 5.74) is 1.12. The van der Waals surface area contributed by atoms with Crippen LogP contribution in [0.15, 0.2) is 36.2 Å². The SMILES string of the molecule is OCCC1=CNC=CC=C1. The number of aliphatic hydroxyl groups excluding tert-OH is 1. The molecule has 0 aliphatic carbocycles. The van der Waals surface area contributed by atoms with Crippen LogP contribution in [0.25, 0.3) is 0 Å². The van der Waals surface area contributed by atoms with Crippen molar-refractivity contribution < 1.29 is 5.11 Å². The summed E-state index contributed by atoms with van der Waals surface area (Å²) in [6, 6.07) is 0. The van der Waals surface area contributed by atoms with E-state index in [0.717, 1.165) is 5.57 Å². The zero-order valence-electron chi connectivity index (χ0n) is 5.75. The lowest BCUT2D eigenvalue weighted by Gasteiger charge is -1.95. The fraction of sp³-hybridized carbons (Fsp3) is 0.250. The van der Waals surface area contributed by atoms with Crippen LogP contribution < -0.4 is 5.32 Å². The van der Waals surface area contributed by atoms with Crippen molar-refractivity contribution in [2.75, 3.05) is 6.61 Å². The summed E-state index contributed by atoms with van der Waals surface area (Å²) in [7, 11) is 0. The summed E-state index contributed by atoms with van der Waals surface area (Å²) < 4.78 is 0. The first kappa shape index (κ1) is 7.09. The van der Waals surface area contributed by atoms with Gasteiger partial charge in [-0.05, 0) is 18.1 Å². The van der Waals surface area contributed by atoms with Crippen molar-refractivity contribution >= 4 is 0 Å². The van der Waals surface area contributed by atoms with Gasteiger partial charge in [0.15, 0.2) is 0 Å². The summed E-state index contributed by atoms with van der Waals surface area (Å²) in [6.45, 7) is 0.206. The average Bonchev–Trinajstić information content (AvgIpc) is 2.17. The molecule has 0 atom stereocenters.